The van der Waals surface area contributed by atoms with Gasteiger partial charge in [0.25, 0.3) is 5.91 Å². The molecule has 0 saturated carbocycles. The van der Waals surface area contributed by atoms with Crippen molar-refractivity contribution in [2.45, 2.75) is 6.61 Å². The van der Waals surface area contributed by atoms with E-state index in [0.29, 0.717) is 27.8 Å². The van der Waals surface area contributed by atoms with E-state index in [1.165, 1.54) is 38.4 Å². The van der Waals surface area contributed by atoms with E-state index in [4.69, 9.17) is 13.9 Å². The van der Waals surface area contributed by atoms with Crippen molar-refractivity contribution in [2.75, 3.05) is 31.6 Å². The van der Waals surface area contributed by atoms with Gasteiger partial charge in [0.2, 0.25) is 0 Å². The summed E-state index contributed by atoms with van der Waals surface area (Å²) in [6.07, 6.45) is 1.09. The third-order valence-electron chi connectivity index (χ3n) is 5.64. The predicted octanol–water partition coefficient (Wildman–Crippen LogP) is 4.38. The van der Waals surface area contributed by atoms with Crippen molar-refractivity contribution >= 4 is 38.4 Å². The van der Waals surface area contributed by atoms with Crippen LogP contribution in [0.25, 0.3) is 22.3 Å². The fourth-order valence-electron chi connectivity index (χ4n) is 3.76. The van der Waals surface area contributed by atoms with Gasteiger partial charge in [-0.05, 0) is 48.0 Å². The molecule has 3 aromatic carbocycles. The molecule has 1 aromatic heterocycles. The first-order valence-corrected chi connectivity index (χ1v) is 13.5. The molecule has 11 heteroatoms. The summed E-state index contributed by atoms with van der Waals surface area (Å²) < 4.78 is 53.9. The molecule has 0 spiro atoms. The third-order valence-corrected chi connectivity index (χ3v) is 6.31. The van der Waals surface area contributed by atoms with E-state index in [2.05, 4.69) is 10.6 Å². The Morgan fingerprint density at radius 2 is 1.71 bits per heavy atom. The number of benzene rings is 3. The summed E-state index contributed by atoms with van der Waals surface area (Å²) in [7, 11) is -0.607. The molecule has 38 heavy (non-hydrogen) atoms. The highest BCUT2D eigenvalue weighted by atomic mass is 32.2. The number of esters is 1. The quantitative estimate of drug-likeness (QED) is 0.300. The number of carbonyl (C=O) groups is 2. The number of ether oxygens (including phenoxy) is 2. The summed E-state index contributed by atoms with van der Waals surface area (Å²) in [5.74, 6) is -1.19. The summed E-state index contributed by atoms with van der Waals surface area (Å²) in [4.78, 5) is 24.6. The number of amides is 1. The molecule has 0 aliphatic heterocycles. The van der Waals surface area contributed by atoms with E-state index in [1.807, 2.05) is 0 Å². The highest BCUT2D eigenvalue weighted by Crippen LogP contribution is 2.39. The number of anilines is 1. The van der Waals surface area contributed by atoms with Crippen molar-refractivity contribution in [3.05, 3.63) is 83.2 Å². The summed E-state index contributed by atoms with van der Waals surface area (Å²) in [5.41, 5.74) is 2.45. The lowest BCUT2D eigenvalue weighted by atomic mass is 10.0. The van der Waals surface area contributed by atoms with Gasteiger partial charge in [0, 0.05) is 30.3 Å². The minimum absolute atomic E-state index is 0.0818. The highest BCUT2D eigenvalue weighted by molar-refractivity contribution is 7.90. The largest absolute Gasteiger partial charge is 0.487 e. The SMILES string of the molecule is CNC(=O)c1c(-c2ccc(F)cc2)oc2cc(NCS(C)(=O)=O)c(OCc3ccc(C(=O)OC)cc3)cc12. The topological polar surface area (TPSA) is 124 Å². The highest BCUT2D eigenvalue weighted by Gasteiger charge is 2.24. The van der Waals surface area contributed by atoms with Crippen LogP contribution in [-0.2, 0) is 21.2 Å². The second kappa shape index (κ2) is 10.9. The number of carbonyl (C=O) groups excluding carboxylic acids is 2. The lowest BCUT2D eigenvalue weighted by molar-refractivity contribution is 0.0600. The molecule has 9 nitrogen and oxygen atoms in total. The molecule has 0 aliphatic rings. The van der Waals surface area contributed by atoms with Gasteiger partial charge in [0.1, 0.15) is 35.4 Å². The molecule has 0 aliphatic carbocycles. The van der Waals surface area contributed by atoms with E-state index in [9.17, 15) is 22.4 Å². The van der Waals surface area contributed by atoms with Crippen molar-refractivity contribution in [3.63, 3.8) is 0 Å². The van der Waals surface area contributed by atoms with Crippen LogP contribution in [0, 0.1) is 5.82 Å². The van der Waals surface area contributed by atoms with Crippen LogP contribution in [0.4, 0.5) is 10.1 Å². The Hall–Kier alpha value is -4.38. The van der Waals surface area contributed by atoms with E-state index >= 15 is 0 Å². The Morgan fingerprint density at radius 3 is 2.32 bits per heavy atom. The first-order valence-electron chi connectivity index (χ1n) is 11.4. The molecule has 2 N–H and O–H groups in total. The fraction of sp³-hybridized carbons (Fsp3) is 0.185. The number of methoxy groups -OCH3 is 1. The maximum absolute atomic E-state index is 13.5. The molecule has 4 aromatic rings. The molecule has 0 atom stereocenters. The Balaban J connectivity index is 1.77. The van der Waals surface area contributed by atoms with Gasteiger partial charge in [-0.2, -0.15) is 0 Å². The average molecular weight is 541 g/mol. The van der Waals surface area contributed by atoms with Crippen molar-refractivity contribution in [2.24, 2.45) is 0 Å². The summed E-state index contributed by atoms with van der Waals surface area (Å²) >= 11 is 0. The lowest BCUT2D eigenvalue weighted by Crippen LogP contribution is -2.18. The molecule has 0 fully saturated rings. The van der Waals surface area contributed by atoms with Gasteiger partial charge >= 0.3 is 5.97 Å². The number of sulfone groups is 1. The number of furan rings is 1. The van der Waals surface area contributed by atoms with Crippen LogP contribution < -0.4 is 15.4 Å². The maximum atomic E-state index is 13.5. The predicted molar refractivity (Wildman–Crippen MR) is 140 cm³/mol. The molecule has 0 unspecified atom stereocenters. The van der Waals surface area contributed by atoms with Crippen molar-refractivity contribution in [1.82, 2.24) is 5.32 Å². The van der Waals surface area contributed by atoms with Crippen molar-refractivity contribution in [1.29, 1.82) is 0 Å². The normalized spacial score (nSPS) is 11.3. The Kier molecular flexibility index (Phi) is 7.67. The van der Waals surface area contributed by atoms with Crippen LogP contribution >= 0.6 is 0 Å². The Bertz CT molecular complexity index is 1600. The van der Waals surface area contributed by atoms with E-state index in [1.54, 1.807) is 36.4 Å². The van der Waals surface area contributed by atoms with Gasteiger partial charge in [-0.3, -0.25) is 4.79 Å². The zero-order chi connectivity index (χ0) is 27.4. The summed E-state index contributed by atoms with van der Waals surface area (Å²) in [6, 6.07) is 15.3. The molecule has 1 amide bonds. The molecular formula is C27H25FN2O7S. The van der Waals surface area contributed by atoms with Crippen LogP contribution in [0.3, 0.4) is 0 Å². The van der Waals surface area contributed by atoms with E-state index in [0.717, 1.165) is 11.8 Å². The van der Waals surface area contributed by atoms with Crippen LogP contribution in [0.15, 0.2) is 65.1 Å². The second-order valence-corrected chi connectivity index (χ2v) is 10.6. The first kappa shape index (κ1) is 26.7. The zero-order valence-corrected chi connectivity index (χ0v) is 21.6. The number of hydrogen-bond donors (Lipinski definition) is 2. The van der Waals surface area contributed by atoms with Gasteiger partial charge in [-0.1, -0.05) is 12.1 Å². The molecule has 0 saturated heterocycles. The standard InChI is InChI=1S/C27H25FN2O7S/c1-29-26(31)24-20-12-23(36-14-16-4-6-18(7-5-16)27(32)35-2)21(30-15-38(3,33)34)13-22(20)37-25(24)17-8-10-19(28)11-9-17/h4-13,30H,14-15H2,1-3H3,(H,29,31). The lowest BCUT2D eigenvalue weighted by Gasteiger charge is -2.14. The fourth-order valence-corrected chi connectivity index (χ4v) is 4.18. The van der Waals surface area contributed by atoms with Gasteiger partial charge in [0.05, 0.1) is 23.9 Å². The van der Waals surface area contributed by atoms with E-state index in [-0.39, 0.29) is 29.6 Å². The average Bonchev–Trinajstić information content (AvgIpc) is 3.28. The summed E-state index contributed by atoms with van der Waals surface area (Å²) in [5, 5.41) is 5.86. The first-order chi connectivity index (χ1) is 18.1. The van der Waals surface area contributed by atoms with Gasteiger partial charge in [-0.15, -0.1) is 0 Å². The van der Waals surface area contributed by atoms with Crippen LogP contribution in [-0.4, -0.2) is 46.6 Å². The zero-order valence-electron chi connectivity index (χ0n) is 20.8. The van der Waals surface area contributed by atoms with Crippen LogP contribution in [0.5, 0.6) is 5.75 Å². The number of fused-ring (bicyclic) bond motifs is 1. The molecule has 0 bridgehead atoms. The van der Waals surface area contributed by atoms with Gasteiger partial charge in [-0.25, -0.2) is 17.6 Å². The minimum Gasteiger partial charge on any atom is -0.487 e. The van der Waals surface area contributed by atoms with Gasteiger partial charge in [0.15, 0.2) is 9.84 Å². The van der Waals surface area contributed by atoms with Gasteiger partial charge < -0.3 is 24.5 Å². The third kappa shape index (κ3) is 5.94. The smallest absolute Gasteiger partial charge is 0.337 e. The van der Waals surface area contributed by atoms with E-state index < -0.39 is 27.5 Å². The Morgan fingerprint density at radius 1 is 1.03 bits per heavy atom. The van der Waals surface area contributed by atoms with Crippen LogP contribution in [0.2, 0.25) is 0 Å². The Labute approximate surface area is 218 Å². The second-order valence-electron chi connectivity index (χ2n) is 8.46. The number of nitrogens with one attached hydrogen (secondary N) is 2. The number of rotatable bonds is 9. The molecule has 0 radical (unpaired) electrons. The molecule has 198 valence electrons. The van der Waals surface area contributed by atoms with Crippen molar-refractivity contribution < 1.29 is 36.3 Å². The number of halogens is 1. The summed E-state index contributed by atoms with van der Waals surface area (Å²) in [6.45, 7) is 0.0818. The maximum Gasteiger partial charge on any atom is 0.337 e. The van der Waals surface area contributed by atoms with Crippen molar-refractivity contribution in [3.8, 4) is 17.1 Å². The monoisotopic (exact) mass is 540 g/mol. The minimum atomic E-state index is -3.38. The molecule has 4 rings (SSSR count). The van der Waals surface area contributed by atoms with Crippen LogP contribution in [0.1, 0.15) is 26.3 Å². The molecular weight excluding hydrogens is 515 g/mol. The number of hydrogen-bond acceptors (Lipinski definition) is 8. The molecule has 1 heterocycles.